The molecule has 0 radical (unpaired) electrons. The van der Waals surface area contributed by atoms with Gasteiger partial charge in [-0.2, -0.15) is 0 Å². The summed E-state index contributed by atoms with van der Waals surface area (Å²) in [5, 5.41) is 0. The summed E-state index contributed by atoms with van der Waals surface area (Å²) >= 11 is 0. The zero-order valence-corrected chi connectivity index (χ0v) is 11.1. The predicted octanol–water partition coefficient (Wildman–Crippen LogP) is 2.09. The fraction of sp³-hybridized carbons (Fsp3) is 0.500. The van der Waals surface area contributed by atoms with Crippen LogP contribution in [0.5, 0.6) is 0 Å². The molecule has 20 heavy (non-hydrogen) atoms. The summed E-state index contributed by atoms with van der Waals surface area (Å²) in [5.74, 6) is -0.126. The molecule has 2 rings (SSSR count). The van der Waals surface area contributed by atoms with E-state index in [1.807, 2.05) is 24.3 Å². The van der Waals surface area contributed by atoms with Gasteiger partial charge in [0.15, 0.2) is 0 Å². The van der Waals surface area contributed by atoms with Crippen molar-refractivity contribution in [3.63, 3.8) is 0 Å². The van der Waals surface area contributed by atoms with Crippen molar-refractivity contribution in [1.82, 2.24) is 0 Å². The maximum Gasteiger partial charge on any atom is 0.261 e. The van der Waals surface area contributed by atoms with E-state index in [1.165, 1.54) is 0 Å². The van der Waals surface area contributed by atoms with E-state index < -0.39 is 13.0 Å². The molecule has 6 heteroatoms. The maximum atomic E-state index is 12.1. The van der Waals surface area contributed by atoms with Crippen LogP contribution in [0, 0.1) is 0 Å². The third-order valence-electron chi connectivity index (χ3n) is 3.30. The first-order valence-electron chi connectivity index (χ1n) is 6.60. The number of fused-ring (bicyclic) bond motifs is 1. The van der Waals surface area contributed by atoms with Crippen molar-refractivity contribution < 1.29 is 18.3 Å². The largest absolute Gasteiger partial charge is 0.375 e. The molecule has 1 aromatic rings. The Balaban J connectivity index is 1.96. The van der Waals surface area contributed by atoms with Crippen LogP contribution in [0.2, 0.25) is 0 Å². The number of nitrogens with zero attached hydrogens (tertiary/aromatic N) is 1. The smallest absolute Gasteiger partial charge is 0.261 e. The van der Waals surface area contributed by atoms with Crippen molar-refractivity contribution in [2.45, 2.75) is 25.3 Å². The van der Waals surface area contributed by atoms with Gasteiger partial charge in [0.25, 0.3) is 6.43 Å². The van der Waals surface area contributed by atoms with Crippen molar-refractivity contribution in [3.05, 3.63) is 29.8 Å². The zero-order chi connectivity index (χ0) is 14.5. The van der Waals surface area contributed by atoms with Crippen LogP contribution in [-0.2, 0) is 9.53 Å². The van der Waals surface area contributed by atoms with Crippen molar-refractivity contribution in [1.29, 1.82) is 0 Å². The number of alkyl halides is 2. The van der Waals surface area contributed by atoms with Crippen molar-refractivity contribution in [2.75, 3.05) is 24.7 Å². The van der Waals surface area contributed by atoms with E-state index in [0.29, 0.717) is 13.0 Å². The molecule has 0 spiro atoms. The minimum absolute atomic E-state index is 0.00783. The van der Waals surface area contributed by atoms with Crippen LogP contribution < -0.4 is 10.6 Å². The summed E-state index contributed by atoms with van der Waals surface area (Å²) in [4.78, 5) is 13.8. The lowest BCUT2D eigenvalue weighted by atomic mass is 9.97. The van der Waals surface area contributed by atoms with Crippen LogP contribution in [-0.4, -0.2) is 32.1 Å². The third-order valence-corrected chi connectivity index (χ3v) is 3.30. The molecule has 0 aliphatic carbocycles. The molecule has 1 aliphatic heterocycles. The molecule has 1 aliphatic rings. The van der Waals surface area contributed by atoms with E-state index in [4.69, 9.17) is 10.5 Å². The summed E-state index contributed by atoms with van der Waals surface area (Å²) in [6.07, 6.45) is -1.71. The molecule has 2 N–H and O–H groups in total. The average Bonchev–Trinajstić information content (AvgIpc) is 2.44. The van der Waals surface area contributed by atoms with Crippen LogP contribution >= 0.6 is 0 Å². The highest BCUT2D eigenvalue weighted by atomic mass is 19.3. The van der Waals surface area contributed by atoms with E-state index >= 15 is 0 Å². The number of halogens is 2. The number of carbonyl (C=O) groups excluding carboxylic acids is 1. The molecular weight excluding hydrogens is 266 g/mol. The van der Waals surface area contributed by atoms with Crippen molar-refractivity contribution in [2.24, 2.45) is 5.73 Å². The lowest BCUT2D eigenvalue weighted by molar-refractivity contribution is -0.120. The number of hydrogen-bond donors (Lipinski definition) is 1. The molecule has 0 aromatic heterocycles. The fourth-order valence-corrected chi connectivity index (χ4v) is 2.32. The summed E-state index contributed by atoms with van der Waals surface area (Å²) in [6.45, 7) is -0.0749. The minimum Gasteiger partial charge on any atom is -0.375 e. The molecule has 1 aromatic carbocycles. The first kappa shape index (κ1) is 14.9. The molecule has 1 unspecified atom stereocenters. The number of hydrogen-bond acceptors (Lipinski definition) is 3. The Morgan fingerprint density at radius 3 is 2.95 bits per heavy atom. The van der Waals surface area contributed by atoms with Crippen LogP contribution in [0.25, 0.3) is 0 Å². The number of benzene rings is 1. The Labute approximate surface area is 116 Å². The first-order chi connectivity index (χ1) is 9.59. The highest BCUT2D eigenvalue weighted by Crippen LogP contribution is 2.32. The Bertz CT molecular complexity index is 468. The maximum absolute atomic E-state index is 12.1. The second-order valence-corrected chi connectivity index (χ2v) is 4.72. The van der Waals surface area contributed by atoms with Gasteiger partial charge in [0, 0.05) is 18.3 Å². The molecule has 0 bridgehead atoms. The number of nitrogens with two attached hydrogens (primary N) is 1. The topological polar surface area (TPSA) is 55.6 Å². The van der Waals surface area contributed by atoms with E-state index in [1.54, 1.807) is 4.90 Å². The van der Waals surface area contributed by atoms with E-state index in [2.05, 4.69) is 0 Å². The van der Waals surface area contributed by atoms with Gasteiger partial charge in [0.05, 0.1) is 13.0 Å². The number of anilines is 1. The van der Waals surface area contributed by atoms with Crippen LogP contribution in [0.1, 0.15) is 24.4 Å². The summed E-state index contributed by atoms with van der Waals surface area (Å²) in [7, 11) is 0. The predicted molar refractivity (Wildman–Crippen MR) is 71.8 cm³/mol. The van der Waals surface area contributed by atoms with Crippen molar-refractivity contribution >= 4 is 11.6 Å². The van der Waals surface area contributed by atoms with Crippen LogP contribution in [0.3, 0.4) is 0 Å². The molecule has 1 heterocycles. The number of ether oxygens (including phenoxy) is 1. The Morgan fingerprint density at radius 2 is 2.20 bits per heavy atom. The lowest BCUT2D eigenvalue weighted by Gasteiger charge is -2.32. The van der Waals surface area contributed by atoms with E-state index in [0.717, 1.165) is 11.3 Å². The number of amides is 1. The molecule has 4 nitrogen and oxygen atoms in total. The zero-order valence-electron chi connectivity index (χ0n) is 11.1. The highest BCUT2D eigenvalue weighted by molar-refractivity contribution is 5.94. The average molecular weight is 284 g/mol. The monoisotopic (exact) mass is 284 g/mol. The summed E-state index contributed by atoms with van der Waals surface area (Å²) < 4.78 is 28.6. The molecule has 1 amide bonds. The highest BCUT2D eigenvalue weighted by Gasteiger charge is 2.26. The Morgan fingerprint density at radius 1 is 1.45 bits per heavy atom. The van der Waals surface area contributed by atoms with Gasteiger partial charge >= 0.3 is 0 Å². The minimum atomic E-state index is -2.50. The standard InChI is InChI=1S/C14H18F2N2O2/c15-13(16)9-20-8-6-14(19)18-7-5-11(17)10-3-1-2-4-12(10)18/h1-4,11,13H,5-9,17H2. The van der Waals surface area contributed by atoms with Gasteiger partial charge in [-0.3, -0.25) is 4.79 Å². The molecule has 0 saturated heterocycles. The molecular formula is C14H18F2N2O2. The number of rotatable bonds is 5. The van der Waals surface area contributed by atoms with Gasteiger partial charge in [-0.05, 0) is 18.1 Å². The van der Waals surface area contributed by atoms with Gasteiger partial charge in [0.2, 0.25) is 5.91 Å². The summed E-state index contributed by atoms with van der Waals surface area (Å²) in [6, 6.07) is 7.44. The van der Waals surface area contributed by atoms with E-state index in [9.17, 15) is 13.6 Å². The third kappa shape index (κ3) is 3.52. The lowest BCUT2D eigenvalue weighted by Crippen LogP contribution is -2.38. The van der Waals surface area contributed by atoms with Gasteiger partial charge in [-0.1, -0.05) is 18.2 Å². The number of carbonyl (C=O) groups is 1. The van der Waals surface area contributed by atoms with E-state index in [-0.39, 0.29) is 25.0 Å². The second kappa shape index (κ2) is 6.76. The fourth-order valence-electron chi connectivity index (χ4n) is 2.32. The normalized spacial score (nSPS) is 18.2. The van der Waals surface area contributed by atoms with Gasteiger partial charge in [-0.25, -0.2) is 8.78 Å². The van der Waals surface area contributed by atoms with Crippen LogP contribution in [0.15, 0.2) is 24.3 Å². The second-order valence-electron chi connectivity index (χ2n) is 4.72. The molecule has 110 valence electrons. The number of para-hydroxylation sites is 1. The van der Waals surface area contributed by atoms with Gasteiger partial charge in [-0.15, -0.1) is 0 Å². The molecule has 0 fully saturated rings. The van der Waals surface area contributed by atoms with Gasteiger partial charge < -0.3 is 15.4 Å². The SMILES string of the molecule is NC1CCN(C(=O)CCOCC(F)F)c2ccccc21. The van der Waals surface area contributed by atoms with Gasteiger partial charge in [0.1, 0.15) is 6.61 Å². The quantitative estimate of drug-likeness (QED) is 0.842. The summed E-state index contributed by atoms with van der Waals surface area (Å²) in [5.41, 5.74) is 7.77. The Kier molecular flexibility index (Phi) is 5.03. The first-order valence-corrected chi connectivity index (χ1v) is 6.60. The Hall–Kier alpha value is -1.53. The molecule has 0 saturated carbocycles. The van der Waals surface area contributed by atoms with Crippen molar-refractivity contribution in [3.8, 4) is 0 Å². The molecule has 1 atom stereocenters. The van der Waals surface area contributed by atoms with Crippen LogP contribution in [0.4, 0.5) is 14.5 Å².